The zero-order valence-corrected chi connectivity index (χ0v) is 35.2. The van der Waals surface area contributed by atoms with Gasteiger partial charge in [0.1, 0.15) is 19.8 Å². The third-order valence-corrected chi connectivity index (χ3v) is 9.94. The molecular formula is C42H80NO8P. The monoisotopic (exact) mass is 758 g/mol. The molecule has 306 valence electrons. The van der Waals surface area contributed by atoms with Gasteiger partial charge >= 0.3 is 11.9 Å². The van der Waals surface area contributed by atoms with Crippen LogP contribution in [0.15, 0.2) is 24.3 Å². The molecule has 0 radical (unpaired) electrons. The van der Waals surface area contributed by atoms with Crippen LogP contribution in [-0.4, -0.2) is 70.0 Å². The number of esters is 2. The van der Waals surface area contributed by atoms with Gasteiger partial charge in [-0.25, -0.2) is 0 Å². The van der Waals surface area contributed by atoms with Crippen molar-refractivity contribution in [1.29, 1.82) is 0 Å². The van der Waals surface area contributed by atoms with E-state index in [4.69, 9.17) is 18.5 Å². The number of phosphoric acid groups is 1. The fraction of sp³-hybridized carbons (Fsp3) is 0.857. The maximum Gasteiger partial charge on any atom is 0.306 e. The summed E-state index contributed by atoms with van der Waals surface area (Å²) >= 11 is 0. The number of ether oxygens (including phenoxy) is 2. The van der Waals surface area contributed by atoms with Gasteiger partial charge in [0.05, 0.1) is 27.7 Å². The molecule has 0 fully saturated rings. The number of carbonyl (C=O) groups is 2. The van der Waals surface area contributed by atoms with Crippen LogP contribution in [0.5, 0.6) is 0 Å². The zero-order chi connectivity index (χ0) is 38.6. The Hall–Kier alpha value is -1.51. The molecule has 0 aromatic heterocycles. The van der Waals surface area contributed by atoms with Crippen molar-refractivity contribution in [2.24, 2.45) is 0 Å². The molecule has 0 spiro atoms. The van der Waals surface area contributed by atoms with E-state index in [1.165, 1.54) is 89.9 Å². The molecule has 0 aromatic carbocycles. The molecule has 10 heteroatoms. The summed E-state index contributed by atoms with van der Waals surface area (Å²) < 4.78 is 33.8. The number of quaternary nitrogens is 1. The summed E-state index contributed by atoms with van der Waals surface area (Å²) in [6.07, 6.45) is 36.2. The van der Waals surface area contributed by atoms with Crippen molar-refractivity contribution in [2.45, 2.75) is 187 Å². The zero-order valence-electron chi connectivity index (χ0n) is 34.3. The third-order valence-electron chi connectivity index (χ3n) is 8.97. The highest BCUT2D eigenvalue weighted by Crippen LogP contribution is 2.38. The number of allylic oxidation sites excluding steroid dienone is 4. The normalized spacial score (nSPS) is 13.9. The molecule has 0 amide bonds. The molecule has 0 saturated heterocycles. The minimum atomic E-state index is -4.62. The Morgan fingerprint density at radius 3 is 1.56 bits per heavy atom. The second-order valence-corrected chi connectivity index (χ2v) is 16.8. The number of carbonyl (C=O) groups excluding carboxylic acids is 2. The van der Waals surface area contributed by atoms with Crippen LogP contribution in [0.2, 0.25) is 0 Å². The van der Waals surface area contributed by atoms with Gasteiger partial charge < -0.3 is 27.9 Å². The summed E-state index contributed by atoms with van der Waals surface area (Å²) in [5.41, 5.74) is 0. The second kappa shape index (κ2) is 35.2. The molecule has 0 aliphatic heterocycles. The quantitative estimate of drug-likeness (QED) is 0.0201. The second-order valence-electron chi connectivity index (χ2n) is 15.4. The van der Waals surface area contributed by atoms with Gasteiger partial charge in [0.2, 0.25) is 0 Å². The Labute approximate surface area is 319 Å². The van der Waals surface area contributed by atoms with E-state index >= 15 is 0 Å². The van der Waals surface area contributed by atoms with E-state index in [1.54, 1.807) is 0 Å². The highest BCUT2D eigenvalue weighted by atomic mass is 31.2. The molecule has 0 saturated carbocycles. The van der Waals surface area contributed by atoms with Gasteiger partial charge in [0, 0.05) is 12.8 Å². The van der Waals surface area contributed by atoms with Crippen LogP contribution in [0.1, 0.15) is 181 Å². The van der Waals surface area contributed by atoms with Gasteiger partial charge in [-0.15, -0.1) is 0 Å². The molecule has 0 aliphatic rings. The molecule has 0 bridgehead atoms. The number of unbranched alkanes of at least 4 members (excludes halogenated alkanes) is 20. The highest BCUT2D eigenvalue weighted by molar-refractivity contribution is 7.45. The van der Waals surface area contributed by atoms with Crippen molar-refractivity contribution >= 4 is 19.8 Å². The first-order chi connectivity index (χ1) is 25.0. The molecule has 9 nitrogen and oxygen atoms in total. The van der Waals surface area contributed by atoms with Gasteiger partial charge in [0.25, 0.3) is 7.82 Å². The summed E-state index contributed by atoms with van der Waals surface area (Å²) in [5, 5.41) is 0. The lowest BCUT2D eigenvalue weighted by Gasteiger charge is -2.28. The lowest BCUT2D eigenvalue weighted by molar-refractivity contribution is -0.870. The smallest absolute Gasteiger partial charge is 0.306 e. The van der Waals surface area contributed by atoms with Crippen LogP contribution in [0, 0.1) is 0 Å². The predicted octanol–water partition coefficient (Wildman–Crippen LogP) is 10.9. The van der Waals surface area contributed by atoms with E-state index in [2.05, 4.69) is 38.2 Å². The fourth-order valence-electron chi connectivity index (χ4n) is 5.63. The Bertz CT molecular complexity index is 949. The summed E-state index contributed by atoms with van der Waals surface area (Å²) in [6.45, 7) is 4.18. The van der Waals surface area contributed by atoms with Crippen molar-refractivity contribution < 1.29 is 42.1 Å². The summed E-state index contributed by atoms with van der Waals surface area (Å²) in [7, 11) is 1.16. The topological polar surface area (TPSA) is 111 Å². The molecule has 0 rings (SSSR count). The van der Waals surface area contributed by atoms with E-state index in [-0.39, 0.29) is 32.0 Å². The minimum absolute atomic E-state index is 0.0321. The maximum atomic E-state index is 12.6. The van der Waals surface area contributed by atoms with Crippen LogP contribution in [0.25, 0.3) is 0 Å². The lowest BCUT2D eigenvalue weighted by atomic mass is 10.0. The Morgan fingerprint density at radius 1 is 0.596 bits per heavy atom. The van der Waals surface area contributed by atoms with E-state index in [9.17, 15) is 19.0 Å². The number of hydrogen-bond donors (Lipinski definition) is 0. The van der Waals surface area contributed by atoms with Gasteiger partial charge in [-0.2, -0.15) is 0 Å². The standard InChI is InChI=1S/C42H80NO8P/c1-6-8-10-12-14-16-18-20-21-23-25-27-29-31-33-35-42(45)51-40(39-50-52(46,47)49-37-36-43(3,4)5)38-48-41(44)34-32-30-28-26-24-22-19-17-15-13-11-9-7-2/h14,16,20-21,40H,6-13,15,17-19,22-39H2,1-5H3/b16-14+,21-20+/t40-/m0/s1. The summed E-state index contributed by atoms with van der Waals surface area (Å²) in [4.78, 5) is 37.4. The molecule has 0 heterocycles. The Balaban J connectivity index is 4.41. The molecule has 0 aliphatic carbocycles. The van der Waals surface area contributed by atoms with Gasteiger partial charge in [-0.3, -0.25) is 14.2 Å². The minimum Gasteiger partial charge on any atom is -0.756 e. The average molecular weight is 758 g/mol. The third kappa shape index (κ3) is 38.2. The molecule has 52 heavy (non-hydrogen) atoms. The van der Waals surface area contributed by atoms with Crippen molar-refractivity contribution in [3.05, 3.63) is 24.3 Å². The fourth-order valence-corrected chi connectivity index (χ4v) is 6.35. The maximum absolute atomic E-state index is 12.6. The number of phosphoric ester groups is 1. The Morgan fingerprint density at radius 2 is 1.04 bits per heavy atom. The van der Waals surface area contributed by atoms with Crippen molar-refractivity contribution in [3.63, 3.8) is 0 Å². The first-order valence-electron chi connectivity index (χ1n) is 21.0. The number of nitrogens with zero attached hydrogens (tertiary/aromatic N) is 1. The first-order valence-corrected chi connectivity index (χ1v) is 22.5. The average Bonchev–Trinajstić information content (AvgIpc) is 3.09. The molecule has 0 aromatic rings. The Kier molecular flexibility index (Phi) is 34.2. The highest BCUT2D eigenvalue weighted by Gasteiger charge is 2.21. The molecular weight excluding hydrogens is 677 g/mol. The van der Waals surface area contributed by atoms with E-state index in [0.29, 0.717) is 17.4 Å². The first kappa shape index (κ1) is 50.5. The van der Waals surface area contributed by atoms with Gasteiger partial charge in [-0.05, 0) is 44.9 Å². The van der Waals surface area contributed by atoms with Crippen molar-refractivity contribution in [3.8, 4) is 0 Å². The largest absolute Gasteiger partial charge is 0.756 e. The van der Waals surface area contributed by atoms with Gasteiger partial charge in [-0.1, -0.05) is 147 Å². The van der Waals surface area contributed by atoms with Crippen LogP contribution in [0.3, 0.4) is 0 Å². The number of hydrogen-bond acceptors (Lipinski definition) is 8. The van der Waals surface area contributed by atoms with Crippen LogP contribution < -0.4 is 4.89 Å². The predicted molar refractivity (Wildman–Crippen MR) is 213 cm³/mol. The van der Waals surface area contributed by atoms with Crippen molar-refractivity contribution in [1.82, 2.24) is 0 Å². The van der Waals surface area contributed by atoms with Gasteiger partial charge in [0.15, 0.2) is 6.10 Å². The van der Waals surface area contributed by atoms with Crippen LogP contribution in [-0.2, 0) is 32.7 Å². The van der Waals surface area contributed by atoms with E-state index in [1.807, 2.05) is 21.1 Å². The van der Waals surface area contributed by atoms with E-state index < -0.39 is 26.5 Å². The van der Waals surface area contributed by atoms with Crippen LogP contribution >= 0.6 is 7.82 Å². The summed E-state index contributed by atoms with van der Waals surface area (Å²) in [5.74, 6) is -0.846. The summed E-state index contributed by atoms with van der Waals surface area (Å²) in [6, 6.07) is 0. The molecule has 0 N–H and O–H groups in total. The lowest BCUT2D eigenvalue weighted by Crippen LogP contribution is -2.37. The SMILES string of the molecule is CCCCC/C=C/C/C=C/CCCCCCCC(=O)O[C@@H](COC(=O)CCCCCCCCCCCCCCC)COP(=O)([O-])OCC[N+](C)(C)C. The molecule has 2 atom stereocenters. The van der Waals surface area contributed by atoms with Crippen molar-refractivity contribution in [2.75, 3.05) is 47.5 Å². The number of rotatable bonds is 38. The van der Waals surface area contributed by atoms with Crippen LogP contribution in [0.4, 0.5) is 0 Å². The van der Waals surface area contributed by atoms with E-state index in [0.717, 1.165) is 57.8 Å². The molecule has 1 unspecified atom stereocenters. The number of likely N-dealkylation sites (N-methyl/N-ethyl adjacent to an activating group) is 1.